The molecule has 0 saturated heterocycles. The van der Waals surface area contributed by atoms with Crippen molar-refractivity contribution in [1.29, 1.82) is 5.26 Å². The summed E-state index contributed by atoms with van der Waals surface area (Å²) >= 11 is 1.48. The van der Waals surface area contributed by atoms with Gasteiger partial charge in [-0.1, -0.05) is 47.7 Å². The van der Waals surface area contributed by atoms with E-state index in [1.807, 2.05) is 54.6 Å². The average molecular weight is 462 g/mol. The maximum absolute atomic E-state index is 9.45. The van der Waals surface area contributed by atoms with Crippen molar-refractivity contribution >= 4 is 43.4 Å². The summed E-state index contributed by atoms with van der Waals surface area (Å²) in [6, 6.07) is 22.6. The molecular formula is C26H19N7S. The van der Waals surface area contributed by atoms with Crippen molar-refractivity contribution in [2.24, 2.45) is 0 Å². The molecule has 0 saturated carbocycles. The Kier molecular flexibility index (Phi) is 4.37. The molecule has 0 radical (unpaired) electrons. The SMILES string of the molecule is CC(C)(C#N)c1ccc(-c2nnc3cnc4ccc(-c5ccc6nc(N)sc6c5)cc4n23)cc1. The molecule has 164 valence electrons. The summed E-state index contributed by atoms with van der Waals surface area (Å²) in [5.74, 6) is 0.728. The maximum atomic E-state index is 9.45. The van der Waals surface area contributed by atoms with Crippen LogP contribution < -0.4 is 5.73 Å². The van der Waals surface area contributed by atoms with Gasteiger partial charge in [-0.05, 0) is 54.8 Å². The number of hydrogen-bond acceptors (Lipinski definition) is 7. The fourth-order valence-corrected chi connectivity index (χ4v) is 4.92. The number of thiazole rings is 1. The van der Waals surface area contributed by atoms with Crippen LogP contribution in [0.25, 0.3) is 49.4 Å². The summed E-state index contributed by atoms with van der Waals surface area (Å²) in [7, 11) is 0. The van der Waals surface area contributed by atoms with Crippen LogP contribution >= 0.6 is 11.3 Å². The van der Waals surface area contributed by atoms with Gasteiger partial charge in [0, 0.05) is 5.56 Å². The van der Waals surface area contributed by atoms with E-state index in [2.05, 4.69) is 50.5 Å². The number of aromatic nitrogens is 5. The van der Waals surface area contributed by atoms with Crippen LogP contribution in [-0.2, 0) is 5.41 Å². The summed E-state index contributed by atoms with van der Waals surface area (Å²) in [6.07, 6.45) is 1.73. The molecule has 3 aromatic heterocycles. The van der Waals surface area contributed by atoms with E-state index in [0.717, 1.165) is 49.3 Å². The minimum atomic E-state index is -0.555. The van der Waals surface area contributed by atoms with Gasteiger partial charge in [0.05, 0.1) is 38.9 Å². The summed E-state index contributed by atoms with van der Waals surface area (Å²) in [4.78, 5) is 8.93. The fraction of sp³-hybridized carbons (Fsp3) is 0.115. The van der Waals surface area contributed by atoms with Crippen LogP contribution in [0, 0.1) is 11.3 Å². The van der Waals surface area contributed by atoms with Crippen molar-refractivity contribution in [3.8, 4) is 28.6 Å². The Morgan fingerprint density at radius 1 is 0.912 bits per heavy atom. The van der Waals surface area contributed by atoms with E-state index in [9.17, 15) is 5.26 Å². The number of nitriles is 1. The molecule has 6 rings (SSSR count). The van der Waals surface area contributed by atoms with Crippen LogP contribution in [0.4, 0.5) is 5.13 Å². The van der Waals surface area contributed by atoms with Crippen molar-refractivity contribution in [3.63, 3.8) is 0 Å². The molecule has 0 fully saturated rings. The van der Waals surface area contributed by atoms with Gasteiger partial charge in [-0.15, -0.1) is 10.2 Å². The van der Waals surface area contributed by atoms with Crippen LogP contribution in [-0.4, -0.2) is 24.6 Å². The van der Waals surface area contributed by atoms with E-state index in [1.54, 1.807) is 6.20 Å². The van der Waals surface area contributed by atoms with Gasteiger partial charge >= 0.3 is 0 Å². The highest BCUT2D eigenvalue weighted by molar-refractivity contribution is 7.22. The topological polar surface area (TPSA) is 106 Å². The van der Waals surface area contributed by atoms with Crippen molar-refractivity contribution in [1.82, 2.24) is 24.6 Å². The number of hydrogen-bond donors (Lipinski definition) is 1. The number of fused-ring (bicyclic) bond motifs is 4. The van der Waals surface area contributed by atoms with Gasteiger partial charge in [0.25, 0.3) is 0 Å². The Morgan fingerprint density at radius 2 is 1.62 bits per heavy atom. The van der Waals surface area contributed by atoms with Crippen LogP contribution in [0.5, 0.6) is 0 Å². The molecule has 0 unspecified atom stereocenters. The largest absolute Gasteiger partial charge is 0.375 e. The van der Waals surface area contributed by atoms with E-state index in [0.29, 0.717) is 10.8 Å². The molecule has 0 aliphatic rings. The number of rotatable bonds is 3. The summed E-state index contributed by atoms with van der Waals surface area (Å²) in [5, 5.41) is 18.8. The molecule has 0 atom stereocenters. The first-order valence-electron chi connectivity index (χ1n) is 10.8. The van der Waals surface area contributed by atoms with Crippen molar-refractivity contribution in [3.05, 3.63) is 72.4 Å². The molecule has 34 heavy (non-hydrogen) atoms. The Balaban J connectivity index is 1.52. The lowest BCUT2D eigenvalue weighted by Crippen LogP contribution is -2.13. The van der Waals surface area contributed by atoms with Crippen LogP contribution in [0.2, 0.25) is 0 Å². The highest BCUT2D eigenvalue weighted by atomic mass is 32.1. The standard InChI is InChI=1S/C26H19N7S/c1-26(2,14-27)18-7-3-15(4-8-18)24-32-31-23-13-29-19-9-5-16(11-21(19)33(23)24)17-6-10-20-22(12-17)34-25(28)30-20/h3-13H,1-2H3,(H2,28,30). The lowest BCUT2D eigenvalue weighted by atomic mass is 9.86. The molecule has 2 N–H and O–H groups in total. The predicted molar refractivity (Wildman–Crippen MR) is 135 cm³/mol. The number of nitrogen functional groups attached to an aromatic ring is 1. The molecule has 7 nitrogen and oxygen atoms in total. The molecule has 0 aliphatic carbocycles. The van der Waals surface area contributed by atoms with Crippen molar-refractivity contribution < 1.29 is 0 Å². The van der Waals surface area contributed by atoms with Crippen LogP contribution in [0.1, 0.15) is 19.4 Å². The number of anilines is 1. The monoisotopic (exact) mass is 461 g/mol. The zero-order valence-corrected chi connectivity index (χ0v) is 19.3. The minimum absolute atomic E-state index is 0.555. The second-order valence-corrected chi connectivity index (χ2v) is 9.79. The van der Waals surface area contributed by atoms with Crippen LogP contribution in [0.15, 0.2) is 66.9 Å². The van der Waals surface area contributed by atoms with Gasteiger partial charge in [-0.2, -0.15) is 5.26 Å². The second kappa shape index (κ2) is 7.33. The van der Waals surface area contributed by atoms with Gasteiger partial charge in [-0.25, -0.2) is 4.98 Å². The van der Waals surface area contributed by atoms with Crippen LogP contribution in [0.3, 0.4) is 0 Å². The Morgan fingerprint density at radius 3 is 2.38 bits per heavy atom. The first-order valence-corrected chi connectivity index (χ1v) is 11.6. The predicted octanol–water partition coefficient (Wildman–Crippen LogP) is 5.60. The van der Waals surface area contributed by atoms with E-state index >= 15 is 0 Å². The fourth-order valence-electron chi connectivity index (χ4n) is 4.15. The van der Waals surface area contributed by atoms with Crippen molar-refractivity contribution in [2.45, 2.75) is 19.3 Å². The highest BCUT2D eigenvalue weighted by Gasteiger charge is 2.20. The molecule has 6 aromatic rings. The third-order valence-electron chi connectivity index (χ3n) is 6.11. The molecular weight excluding hydrogens is 442 g/mol. The zero-order chi connectivity index (χ0) is 23.4. The second-order valence-electron chi connectivity index (χ2n) is 8.73. The third kappa shape index (κ3) is 3.17. The molecule has 0 amide bonds. The Bertz CT molecular complexity index is 1750. The zero-order valence-electron chi connectivity index (χ0n) is 18.5. The summed E-state index contributed by atoms with van der Waals surface area (Å²) in [5.41, 5.74) is 12.7. The minimum Gasteiger partial charge on any atom is -0.375 e. The van der Waals surface area contributed by atoms with Gasteiger partial charge in [0.1, 0.15) is 0 Å². The average Bonchev–Trinajstić information content (AvgIpc) is 3.46. The van der Waals surface area contributed by atoms with Gasteiger partial charge in [0.15, 0.2) is 16.6 Å². The first kappa shape index (κ1) is 20.3. The molecule has 0 spiro atoms. The Hall–Kier alpha value is -4.35. The molecule has 0 bridgehead atoms. The van der Waals surface area contributed by atoms with E-state index in [1.165, 1.54) is 11.3 Å². The summed E-state index contributed by atoms with van der Waals surface area (Å²) < 4.78 is 3.08. The molecule has 0 aliphatic heterocycles. The number of benzene rings is 3. The van der Waals surface area contributed by atoms with E-state index in [-0.39, 0.29) is 0 Å². The lowest BCUT2D eigenvalue weighted by Gasteiger charge is -2.15. The summed E-state index contributed by atoms with van der Waals surface area (Å²) in [6.45, 7) is 3.82. The molecule has 3 heterocycles. The first-order chi connectivity index (χ1) is 16.4. The van der Waals surface area contributed by atoms with E-state index in [4.69, 9.17) is 5.73 Å². The van der Waals surface area contributed by atoms with Gasteiger partial charge in [0.2, 0.25) is 0 Å². The quantitative estimate of drug-likeness (QED) is 0.367. The molecule has 8 heteroatoms. The normalized spacial score (nSPS) is 11.9. The highest BCUT2D eigenvalue weighted by Crippen LogP contribution is 2.32. The number of nitrogens with zero attached hydrogens (tertiary/aromatic N) is 6. The lowest BCUT2D eigenvalue weighted by molar-refractivity contribution is 0.687. The van der Waals surface area contributed by atoms with Crippen molar-refractivity contribution in [2.75, 3.05) is 5.73 Å². The third-order valence-corrected chi connectivity index (χ3v) is 6.95. The van der Waals surface area contributed by atoms with Gasteiger partial charge < -0.3 is 5.73 Å². The maximum Gasteiger partial charge on any atom is 0.181 e. The van der Waals surface area contributed by atoms with Gasteiger partial charge in [-0.3, -0.25) is 9.38 Å². The Labute approximate surface area is 199 Å². The van der Waals surface area contributed by atoms with E-state index < -0.39 is 5.41 Å². The number of nitrogens with two attached hydrogens (primary N) is 1. The molecule has 3 aromatic carbocycles. The smallest absolute Gasteiger partial charge is 0.181 e.